The lowest BCUT2D eigenvalue weighted by molar-refractivity contribution is 0.102. The van der Waals surface area contributed by atoms with Gasteiger partial charge in [0.2, 0.25) is 0 Å². The van der Waals surface area contributed by atoms with Crippen LogP contribution in [0.1, 0.15) is 17.3 Å². The maximum Gasteiger partial charge on any atom is 0.257 e. The number of amides is 1. The Morgan fingerprint density at radius 2 is 2.05 bits per heavy atom. The Morgan fingerprint density at radius 3 is 2.73 bits per heavy atom. The van der Waals surface area contributed by atoms with Gasteiger partial charge in [0, 0.05) is 10.9 Å². The molecule has 1 aromatic carbocycles. The van der Waals surface area contributed by atoms with E-state index in [0.29, 0.717) is 17.3 Å². The van der Waals surface area contributed by atoms with Crippen LogP contribution in [0.4, 0.5) is 5.13 Å². The van der Waals surface area contributed by atoms with Crippen LogP contribution in [-0.4, -0.2) is 17.5 Å². The van der Waals surface area contributed by atoms with Crippen LogP contribution >= 0.6 is 22.7 Å². The number of carbonyl (C=O) groups excluding carboxylic acids is 1. The molecule has 2 heterocycles. The maximum atomic E-state index is 12.2. The normalized spacial score (nSPS) is 10.4. The van der Waals surface area contributed by atoms with E-state index in [4.69, 9.17) is 4.74 Å². The number of thiazole rings is 1. The molecule has 3 aromatic rings. The third-order valence-electron chi connectivity index (χ3n) is 2.93. The number of benzene rings is 1. The number of nitrogens with one attached hydrogen (secondary N) is 1. The molecular formula is C16H14N2O2S2. The van der Waals surface area contributed by atoms with Crippen LogP contribution in [0.2, 0.25) is 0 Å². The molecule has 112 valence electrons. The van der Waals surface area contributed by atoms with Gasteiger partial charge in [-0.05, 0) is 42.6 Å². The Morgan fingerprint density at radius 1 is 1.23 bits per heavy atom. The minimum atomic E-state index is -0.171. The maximum absolute atomic E-state index is 12.2. The quantitative estimate of drug-likeness (QED) is 0.748. The van der Waals surface area contributed by atoms with Gasteiger partial charge in [-0.2, -0.15) is 0 Å². The molecule has 2 aromatic heterocycles. The SMILES string of the molecule is CCOc1ccc(C(=O)Nc2nc(-c3cccs3)cs2)cc1. The zero-order valence-corrected chi connectivity index (χ0v) is 13.5. The molecule has 1 N–H and O–H groups in total. The number of rotatable bonds is 5. The fraction of sp³-hybridized carbons (Fsp3) is 0.125. The van der Waals surface area contributed by atoms with E-state index < -0.39 is 0 Å². The summed E-state index contributed by atoms with van der Waals surface area (Å²) < 4.78 is 5.36. The molecule has 0 spiro atoms. The molecule has 0 radical (unpaired) electrons. The van der Waals surface area contributed by atoms with Gasteiger partial charge in [-0.25, -0.2) is 4.98 Å². The molecule has 0 saturated carbocycles. The molecule has 22 heavy (non-hydrogen) atoms. The highest BCUT2D eigenvalue weighted by Gasteiger charge is 2.10. The third kappa shape index (κ3) is 3.35. The first-order valence-electron chi connectivity index (χ1n) is 6.80. The molecule has 0 atom stereocenters. The van der Waals surface area contributed by atoms with Gasteiger partial charge in [0.15, 0.2) is 5.13 Å². The summed E-state index contributed by atoms with van der Waals surface area (Å²) in [5.41, 5.74) is 1.47. The summed E-state index contributed by atoms with van der Waals surface area (Å²) in [6.07, 6.45) is 0. The van der Waals surface area contributed by atoms with Crippen molar-refractivity contribution in [2.24, 2.45) is 0 Å². The number of aromatic nitrogens is 1. The fourth-order valence-electron chi connectivity index (χ4n) is 1.91. The molecular weight excluding hydrogens is 316 g/mol. The molecule has 3 rings (SSSR count). The molecule has 0 unspecified atom stereocenters. The first kappa shape index (κ1) is 14.7. The number of thiophene rings is 1. The summed E-state index contributed by atoms with van der Waals surface area (Å²) in [6, 6.07) is 11.1. The zero-order valence-electron chi connectivity index (χ0n) is 11.9. The van der Waals surface area contributed by atoms with Crippen LogP contribution in [0.5, 0.6) is 5.75 Å². The molecule has 4 nitrogen and oxygen atoms in total. The van der Waals surface area contributed by atoms with Gasteiger partial charge < -0.3 is 4.74 Å². The van der Waals surface area contributed by atoms with Crippen molar-refractivity contribution in [3.8, 4) is 16.3 Å². The van der Waals surface area contributed by atoms with Crippen LogP contribution in [0, 0.1) is 0 Å². The van der Waals surface area contributed by atoms with Crippen molar-refractivity contribution < 1.29 is 9.53 Å². The number of ether oxygens (including phenoxy) is 1. The van der Waals surface area contributed by atoms with Gasteiger partial charge in [0.1, 0.15) is 5.75 Å². The minimum absolute atomic E-state index is 0.171. The van der Waals surface area contributed by atoms with E-state index in [2.05, 4.69) is 10.3 Å². The van der Waals surface area contributed by atoms with E-state index in [0.717, 1.165) is 16.3 Å². The van der Waals surface area contributed by atoms with Crippen LogP contribution in [0.25, 0.3) is 10.6 Å². The molecule has 0 fully saturated rings. The summed E-state index contributed by atoms with van der Waals surface area (Å²) >= 11 is 3.05. The predicted molar refractivity (Wildman–Crippen MR) is 91.0 cm³/mol. The van der Waals surface area contributed by atoms with Gasteiger partial charge in [0.05, 0.1) is 17.2 Å². The average Bonchev–Trinajstić information content (AvgIpc) is 3.19. The highest BCUT2D eigenvalue weighted by molar-refractivity contribution is 7.16. The van der Waals surface area contributed by atoms with E-state index in [1.54, 1.807) is 35.6 Å². The lowest BCUT2D eigenvalue weighted by atomic mass is 10.2. The van der Waals surface area contributed by atoms with Crippen LogP contribution in [0.3, 0.4) is 0 Å². The summed E-state index contributed by atoms with van der Waals surface area (Å²) in [5, 5.41) is 7.37. The number of hydrogen-bond acceptors (Lipinski definition) is 5. The smallest absolute Gasteiger partial charge is 0.257 e. The Bertz CT molecular complexity index is 749. The molecule has 0 saturated heterocycles. The van der Waals surface area contributed by atoms with Crippen molar-refractivity contribution in [3.05, 3.63) is 52.7 Å². The lowest BCUT2D eigenvalue weighted by Crippen LogP contribution is -2.11. The average molecular weight is 330 g/mol. The molecule has 0 aliphatic heterocycles. The summed E-state index contributed by atoms with van der Waals surface area (Å²) in [5.74, 6) is 0.586. The number of hydrogen-bond donors (Lipinski definition) is 1. The topological polar surface area (TPSA) is 51.2 Å². The van der Waals surface area contributed by atoms with E-state index in [1.165, 1.54) is 11.3 Å². The lowest BCUT2D eigenvalue weighted by Gasteiger charge is -2.04. The fourth-order valence-corrected chi connectivity index (χ4v) is 3.37. The number of nitrogens with zero attached hydrogens (tertiary/aromatic N) is 1. The summed E-state index contributed by atoms with van der Waals surface area (Å²) in [6.45, 7) is 2.53. The molecule has 6 heteroatoms. The Kier molecular flexibility index (Phi) is 4.50. The van der Waals surface area contributed by atoms with Crippen LogP contribution in [-0.2, 0) is 0 Å². The monoisotopic (exact) mass is 330 g/mol. The third-order valence-corrected chi connectivity index (χ3v) is 4.58. The van der Waals surface area contributed by atoms with E-state index >= 15 is 0 Å². The van der Waals surface area contributed by atoms with Crippen molar-refractivity contribution in [2.75, 3.05) is 11.9 Å². The van der Waals surface area contributed by atoms with Crippen molar-refractivity contribution in [1.29, 1.82) is 0 Å². The highest BCUT2D eigenvalue weighted by atomic mass is 32.1. The first-order chi connectivity index (χ1) is 10.8. The van der Waals surface area contributed by atoms with Gasteiger partial charge in [-0.1, -0.05) is 6.07 Å². The Labute approximate surface area is 136 Å². The van der Waals surface area contributed by atoms with E-state index in [1.807, 2.05) is 29.8 Å². The highest BCUT2D eigenvalue weighted by Crippen LogP contribution is 2.28. The second kappa shape index (κ2) is 6.72. The van der Waals surface area contributed by atoms with Crippen molar-refractivity contribution in [1.82, 2.24) is 4.98 Å². The summed E-state index contributed by atoms with van der Waals surface area (Å²) in [4.78, 5) is 17.7. The molecule has 1 amide bonds. The van der Waals surface area contributed by atoms with Crippen molar-refractivity contribution in [3.63, 3.8) is 0 Å². The predicted octanol–water partition coefficient (Wildman–Crippen LogP) is 4.52. The van der Waals surface area contributed by atoms with Crippen molar-refractivity contribution >= 4 is 33.7 Å². The molecule has 0 bridgehead atoms. The first-order valence-corrected chi connectivity index (χ1v) is 8.56. The van der Waals surface area contributed by atoms with E-state index in [-0.39, 0.29) is 5.91 Å². The van der Waals surface area contributed by atoms with Gasteiger partial charge >= 0.3 is 0 Å². The minimum Gasteiger partial charge on any atom is -0.494 e. The Hall–Kier alpha value is -2.18. The van der Waals surface area contributed by atoms with Gasteiger partial charge in [0.25, 0.3) is 5.91 Å². The molecule has 0 aliphatic carbocycles. The van der Waals surface area contributed by atoms with Gasteiger partial charge in [-0.3, -0.25) is 10.1 Å². The second-order valence-electron chi connectivity index (χ2n) is 4.43. The second-order valence-corrected chi connectivity index (χ2v) is 6.23. The standard InChI is InChI=1S/C16H14N2O2S2/c1-2-20-12-7-5-11(6-8-12)15(19)18-16-17-13(10-22-16)14-4-3-9-21-14/h3-10H,2H2,1H3,(H,17,18,19). The number of anilines is 1. The van der Waals surface area contributed by atoms with Crippen LogP contribution < -0.4 is 10.1 Å². The Balaban J connectivity index is 1.69. The van der Waals surface area contributed by atoms with Gasteiger partial charge in [-0.15, -0.1) is 22.7 Å². The molecule has 0 aliphatic rings. The largest absolute Gasteiger partial charge is 0.494 e. The zero-order chi connectivity index (χ0) is 15.4. The van der Waals surface area contributed by atoms with Crippen molar-refractivity contribution in [2.45, 2.75) is 6.92 Å². The summed E-state index contributed by atoms with van der Waals surface area (Å²) in [7, 11) is 0. The number of carbonyl (C=O) groups is 1. The van der Waals surface area contributed by atoms with E-state index in [9.17, 15) is 4.79 Å². The van der Waals surface area contributed by atoms with Crippen LogP contribution in [0.15, 0.2) is 47.2 Å².